The van der Waals surface area contributed by atoms with Crippen molar-refractivity contribution in [3.63, 3.8) is 0 Å². The average Bonchev–Trinajstić information content (AvgIpc) is 2.52. The molecule has 1 aromatic carbocycles. The summed E-state index contributed by atoms with van der Waals surface area (Å²) in [6, 6.07) is 10.0. The van der Waals surface area contributed by atoms with E-state index in [1.165, 1.54) is 0 Å². The van der Waals surface area contributed by atoms with Crippen molar-refractivity contribution in [2.75, 3.05) is 33.4 Å². The zero-order valence-electron chi connectivity index (χ0n) is 12.4. The fraction of sp³-hybridized carbons (Fsp3) is 0.529. The van der Waals surface area contributed by atoms with Crippen LogP contribution in [-0.4, -0.2) is 38.3 Å². The minimum absolute atomic E-state index is 0.539. The van der Waals surface area contributed by atoms with Crippen molar-refractivity contribution in [2.45, 2.75) is 19.3 Å². The topological polar surface area (TPSA) is 21.7 Å². The molecule has 0 saturated carbocycles. The largest absolute Gasteiger partial charge is 0.501 e. The molecule has 0 atom stereocenters. The number of rotatable bonds is 7. The Morgan fingerprint density at radius 2 is 1.95 bits per heavy atom. The number of benzene rings is 1. The van der Waals surface area contributed by atoms with Crippen LogP contribution in [0.4, 0.5) is 0 Å². The maximum atomic E-state index is 5.71. The van der Waals surface area contributed by atoms with Gasteiger partial charge in [-0.25, -0.2) is 0 Å². The van der Waals surface area contributed by atoms with Crippen LogP contribution in [0.5, 0.6) is 5.75 Å². The van der Waals surface area contributed by atoms with Gasteiger partial charge >= 0.3 is 0 Å². The number of para-hydroxylation sites is 1. The molecule has 0 unspecified atom stereocenters. The van der Waals surface area contributed by atoms with Gasteiger partial charge in [-0.15, -0.1) is 0 Å². The second-order valence-corrected chi connectivity index (χ2v) is 5.30. The van der Waals surface area contributed by atoms with Crippen LogP contribution in [0.3, 0.4) is 0 Å². The van der Waals surface area contributed by atoms with Gasteiger partial charge in [-0.3, -0.25) is 0 Å². The predicted molar refractivity (Wildman–Crippen MR) is 81.9 cm³/mol. The highest BCUT2D eigenvalue weighted by atomic mass is 16.5. The second kappa shape index (κ2) is 7.95. The summed E-state index contributed by atoms with van der Waals surface area (Å²) in [4.78, 5) is 2.51. The predicted octanol–water partition coefficient (Wildman–Crippen LogP) is 3.33. The Hall–Kier alpha value is -1.48. The van der Waals surface area contributed by atoms with Gasteiger partial charge in [0.15, 0.2) is 0 Å². The van der Waals surface area contributed by atoms with Crippen LogP contribution in [0.2, 0.25) is 0 Å². The first-order valence-electron chi connectivity index (χ1n) is 7.42. The van der Waals surface area contributed by atoms with Crippen molar-refractivity contribution in [3.05, 3.63) is 42.7 Å². The molecule has 1 heterocycles. The van der Waals surface area contributed by atoms with Crippen LogP contribution in [0.1, 0.15) is 19.3 Å². The maximum absolute atomic E-state index is 5.71. The zero-order chi connectivity index (χ0) is 14.2. The summed E-state index contributed by atoms with van der Waals surface area (Å²) in [7, 11) is 1.72. The summed E-state index contributed by atoms with van der Waals surface area (Å²) in [6.07, 6.45) is 3.39. The fourth-order valence-electron chi connectivity index (χ4n) is 2.64. The van der Waals surface area contributed by atoms with E-state index in [-0.39, 0.29) is 0 Å². The van der Waals surface area contributed by atoms with E-state index in [2.05, 4.69) is 11.5 Å². The van der Waals surface area contributed by atoms with E-state index in [9.17, 15) is 0 Å². The molecular weight excluding hydrogens is 250 g/mol. The molecule has 2 rings (SSSR count). The van der Waals surface area contributed by atoms with Crippen LogP contribution in [-0.2, 0) is 4.74 Å². The lowest BCUT2D eigenvalue weighted by molar-refractivity contribution is 0.147. The van der Waals surface area contributed by atoms with E-state index in [1.807, 2.05) is 30.3 Å². The Morgan fingerprint density at radius 1 is 1.25 bits per heavy atom. The van der Waals surface area contributed by atoms with Gasteiger partial charge in [0.2, 0.25) is 0 Å². The van der Waals surface area contributed by atoms with Crippen molar-refractivity contribution in [1.82, 2.24) is 4.90 Å². The van der Waals surface area contributed by atoms with Crippen LogP contribution >= 0.6 is 0 Å². The molecule has 110 valence electrons. The molecule has 1 aliphatic rings. The Kier molecular flexibility index (Phi) is 5.93. The lowest BCUT2D eigenvalue weighted by atomic mass is 9.95. The lowest BCUT2D eigenvalue weighted by Gasteiger charge is -2.32. The van der Waals surface area contributed by atoms with Gasteiger partial charge in [-0.1, -0.05) is 24.8 Å². The summed E-state index contributed by atoms with van der Waals surface area (Å²) < 4.78 is 11.0. The standard InChI is InChI=1S/C17H25NO2/c1-15(19-2)16-9-12-18(13-10-16)11-6-14-20-17-7-4-3-5-8-17/h3-5,7-8,16H,1,6,9-14H2,2H3. The molecule has 1 fully saturated rings. The number of hydrogen-bond acceptors (Lipinski definition) is 3. The van der Waals surface area contributed by atoms with E-state index in [0.717, 1.165) is 57.0 Å². The van der Waals surface area contributed by atoms with Crippen LogP contribution in [0.25, 0.3) is 0 Å². The number of methoxy groups -OCH3 is 1. The highest BCUT2D eigenvalue weighted by Crippen LogP contribution is 2.23. The highest BCUT2D eigenvalue weighted by molar-refractivity contribution is 5.20. The monoisotopic (exact) mass is 275 g/mol. The number of hydrogen-bond donors (Lipinski definition) is 0. The van der Waals surface area contributed by atoms with E-state index >= 15 is 0 Å². The zero-order valence-corrected chi connectivity index (χ0v) is 12.4. The summed E-state index contributed by atoms with van der Waals surface area (Å²) in [5.74, 6) is 2.44. The van der Waals surface area contributed by atoms with Crippen LogP contribution < -0.4 is 4.74 Å². The molecule has 20 heavy (non-hydrogen) atoms. The van der Waals surface area contributed by atoms with Crippen LogP contribution in [0.15, 0.2) is 42.7 Å². The molecule has 0 aliphatic carbocycles. The average molecular weight is 275 g/mol. The lowest BCUT2D eigenvalue weighted by Crippen LogP contribution is -2.35. The first-order chi connectivity index (χ1) is 9.79. The third kappa shape index (κ3) is 4.57. The van der Waals surface area contributed by atoms with Gasteiger partial charge in [0.1, 0.15) is 5.75 Å². The molecule has 3 heteroatoms. The number of nitrogens with zero attached hydrogens (tertiary/aromatic N) is 1. The summed E-state index contributed by atoms with van der Waals surface area (Å²) in [6.45, 7) is 8.14. The molecule has 1 aliphatic heterocycles. The quantitative estimate of drug-likeness (QED) is 0.563. The number of piperidine rings is 1. The van der Waals surface area contributed by atoms with E-state index in [1.54, 1.807) is 7.11 Å². The van der Waals surface area contributed by atoms with E-state index in [4.69, 9.17) is 9.47 Å². The summed E-state index contributed by atoms with van der Waals surface area (Å²) >= 11 is 0. The molecule has 0 amide bonds. The SMILES string of the molecule is C=C(OC)C1CCN(CCCOc2ccccc2)CC1. The van der Waals surface area contributed by atoms with Gasteiger partial charge in [0, 0.05) is 12.5 Å². The molecular formula is C17H25NO2. The van der Waals surface area contributed by atoms with Gasteiger partial charge in [0.25, 0.3) is 0 Å². The van der Waals surface area contributed by atoms with Crippen molar-refractivity contribution in [2.24, 2.45) is 5.92 Å². The summed E-state index contributed by atoms with van der Waals surface area (Å²) in [5.41, 5.74) is 0. The Labute approximate surface area is 122 Å². The van der Waals surface area contributed by atoms with Crippen molar-refractivity contribution in [3.8, 4) is 5.75 Å². The number of ether oxygens (including phenoxy) is 2. The molecule has 0 spiro atoms. The van der Waals surface area contributed by atoms with Gasteiger partial charge in [0.05, 0.1) is 19.5 Å². The van der Waals surface area contributed by atoms with Gasteiger partial charge in [-0.2, -0.15) is 0 Å². The first kappa shape index (κ1) is 14.9. The number of likely N-dealkylation sites (tertiary alicyclic amines) is 1. The molecule has 1 saturated heterocycles. The van der Waals surface area contributed by atoms with Gasteiger partial charge < -0.3 is 14.4 Å². The molecule has 0 bridgehead atoms. The number of allylic oxidation sites excluding steroid dienone is 1. The van der Waals surface area contributed by atoms with Crippen molar-refractivity contribution in [1.29, 1.82) is 0 Å². The molecule has 3 nitrogen and oxygen atoms in total. The minimum atomic E-state index is 0.539. The minimum Gasteiger partial charge on any atom is -0.501 e. The third-order valence-corrected chi connectivity index (χ3v) is 3.94. The van der Waals surface area contributed by atoms with Crippen LogP contribution in [0, 0.1) is 5.92 Å². The molecule has 0 radical (unpaired) electrons. The molecule has 0 N–H and O–H groups in total. The highest BCUT2D eigenvalue weighted by Gasteiger charge is 2.21. The second-order valence-electron chi connectivity index (χ2n) is 5.30. The molecule has 0 aromatic heterocycles. The fourth-order valence-corrected chi connectivity index (χ4v) is 2.64. The van der Waals surface area contributed by atoms with Gasteiger partial charge in [-0.05, 0) is 44.5 Å². The van der Waals surface area contributed by atoms with E-state index in [0.29, 0.717) is 5.92 Å². The van der Waals surface area contributed by atoms with Crippen molar-refractivity contribution >= 4 is 0 Å². The Bertz CT molecular complexity index is 397. The first-order valence-corrected chi connectivity index (χ1v) is 7.42. The maximum Gasteiger partial charge on any atom is 0.119 e. The summed E-state index contributed by atoms with van der Waals surface area (Å²) in [5, 5.41) is 0. The molecule has 1 aromatic rings. The normalized spacial score (nSPS) is 16.9. The van der Waals surface area contributed by atoms with Crippen molar-refractivity contribution < 1.29 is 9.47 Å². The Morgan fingerprint density at radius 3 is 2.60 bits per heavy atom. The van der Waals surface area contributed by atoms with E-state index < -0.39 is 0 Å². The smallest absolute Gasteiger partial charge is 0.119 e. The third-order valence-electron chi connectivity index (χ3n) is 3.94. The Balaban J connectivity index is 1.58.